The molecule has 0 aromatic heterocycles. The highest BCUT2D eigenvalue weighted by Crippen LogP contribution is 2.24. The Balaban J connectivity index is 1.87. The SMILES string of the molecule is CCCCCCCC/C=C\CCCCCCCCCC(=O)OCCCCCCCCCCCCCCC/C=C\C/C=C\CCCCCCCCCCCCCCCCCCCC(=O)NC(COC1OC(CO)C(O)C(O)C1O)C(O)/C=C/CCCCCCCCC. The number of esters is 1. The average Bonchev–Trinajstić information content (AvgIpc) is 3.30. The van der Waals surface area contributed by atoms with Gasteiger partial charge in [0.05, 0.1) is 32.0 Å². The molecule has 1 fully saturated rings. The van der Waals surface area contributed by atoms with Gasteiger partial charge in [-0.2, -0.15) is 0 Å². The topological polar surface area (TPSA) is 175 Å². The minimum absolute atomic E-state index is 0.00959. The predicted molar refractivity (Wildman–Crippen MR) is 384 cm³/mol. The third-order valence-corrected chi connectivity index (χ3v) is 18.7. The second-order valence-electron chi connectivity index (χ2n) is 27.4. The standard InChI is InChI=1S/C80H149NO10/c1-3-5-7-9-11-13-14-15-16-38-42-45-48-52-56-60-64-68-76(85)89-69-65-61-57-53-49-46-43-40-37-35-33-31-29-27-25-23-21-19-17-18-20-22-24-26-28-30-32-34-36-39-41-44-47-51-55-59-63-67-75(84)81-72(73(83)66-62-58-54-50-12-10-8-6-4-2)71-90-80-79(88)78(87)77(86)74(70-82)91-80/h15-17,19,23,25,62,66,72-74,77-80,82-83,86-88H,3-14,18,20-22,24,26-61,63-65,67-71H2,1-2H3,(H,81,84)/b16-15-,19-17-,25-23-,66-62+. The number of ether oxygens (including phenoxy) is 3. The number of aliphatic hydroxyl groups is 5. The number of aliphatic hydroxyl groups excluding tert-OH is 5. The van der Waals surface area contributed by atoms with E-state index in [2.05, 4.69) is 55.6 Å². The first-order valence-corrected chi connectivity index (χ1v) is 39.4. The Hall–Kier alpha value is -2.38. The molecule has 11 nitrogen and oxygen atoms in total. The van der Waals surface area contributed by atoms with Crippen LogP contribution in [0.15, 0.2) is 48.6 Å². The average molecular weight is 1290 g/mol. The first-order chi connectivity index (χ1) is 44.7. The monoisotopic (exact) mass is 1280 g/mol. The lowest BCUT2D eigenvalue weighted by molar-refractivity contribution is -0.302. The van der Waals surface area contributed by atoms with Gasteiger partial charge in [-0.25, -0.2) is 0 Å². The van der Waals surface area contributed by atoms with E-state index in [1.807, 2.05) is 6.08 Å². The number of unbranched alkanes of at least 4 members (excludes halogenated alkanes) is 50. The summed E-state index contributed by atoms with van der Waals surface area (Å²) in [5.41, 5.74) is 0. The van der Waals surface area contributed by atoms with E-state index in [1.54, 1.807) is 6.08 Å². The van der Waals surface area contributed by atoms with Gasteiger partial charge in [0.15, 0.2) is 6.29 Å². The predicted octanol–water partition coefficient (Wildman–Crippen LogP) is 21.1. The lowest BCUT2D eigenvalue weighted by Gasteiger charge is -2.40. The molecule has 0 radical (unpaired) electrons. The summed E-state index contributed by atoms with van der Waals surface area (Å²) in [6.45, 7) is 4.35. The maximum atomic E-state index is 13.0. The normalized spacial score (nSPS) is 17.8. The highest BCUT2D eigenvalue weighted by Gasteiger charge is 2.44. The molecule has 0 spiro atoms. The van der Waals surface area contributed by atoms with Crippen LogP contribution in [0.2, 0.25) is 0 Å². The second-order valence-corrected chi connectivity index (χ2v) is 27.4. The van der Waals surface area contributed by atoms with Crippen molar-refractivity contribution in [1.29, 1.82) is 0 Å². The third kappa shape index (κ3) is 57.6. The van der Waals surface area contributed by atoms with Crippen LogP contribution in [0.3, 0.4) is 0 Å². The van der Waals surface area contributed by atoms with Gasteiger partial charge in [0, 0.05) is 12.8 Å². The molecule has 0 aliphatic carbocycles. The van der Waals surface area contributed by atoms with Crippen LogP contribution < -0.4 is 5.32 Å². The molecule has 0 aromatic carbocycles. The molecule has 1 aliphatic heterocycles. The molecule has 7 atom stereocenters. The highest BCUT2D eigenvalue weighted by molar-refractivity contribution is 5.76. The lowest BCUT2D eigenvalue weighted by Crippen LogP contribution is -2.60. The van der Waals surface area contributed by atoms with Gasteiger partial charge in [-0.3, -0.25) is 9.59 Å². The Morgan fingerprint density at radius 2 is 0.736 bits per heavy atom. The Morgan fingerprint density at radius 3 is 1.12 bits per heavy atom. The van der Waals surface area contributed by atoms with Crippen molar-refractivity contribution in [3.8, 4) is 0 Å². The zero-order valence-electron chi connectivity index (χ0n) is 59.6. The smallest absolute Gasteiger partial charge is 0.305 e. The number of rotatable bonds is 70. The first-order valence-electron chi connectivity index (χ1n) is 39.4. The minimum Gasteiger partial charge on any atom is -0.466 e. The molecular weight excluding hydrogens is 1130 g/mol. The van der Waals surface area contributed by atoms with Gasteiger partial charge in [0.25, 0.3) is 0 Å². The van der Waals surface area contributed by atoms with E-state index >= 15 is 0 Å². The van der Waals surface area contributed by atoms with Crippen molar-refractivity contribution >= 4 is 11.9 Å². The summed E-state index contributed by atoms with van der Waals surface area (Å²) in [5.74, 6) is -0.170. The Labute approximate surface area is 561 Å². The van der Waals surface area contributed by atoms with Gasteiger partial charge in [-0.15, -0.1) is 0 Å². The molecule has 1 rings (SSSR count). The maximum absolute atomic E-state index is 13.0. The van der Waals surface area contributed by atoms with Crippen LogP contribution in [0.5, 0.6) is 0 Å². The van der Waals surface area contributed by atoms with Crippen molar-refractivity contribution in [1.82, 2.24) is 5.32 Å². The van der Waals surface area contributed by atoms with Gasteiger partial charge < -0.3 is 45.1 Å². The number of carbonyl (C=O) groups is 2. The van der Waals surface area contributed by atoms with Gasteiger partial charge in [-0.1, -0.05) is 332 Å². The van der Waals surface area contributed by atoms with Crippen molar-refractivity contribution < 1.29 is 49.3 Å². The van der Waals surface area contributed by atoms with Gasteiger partial charge in [-0.05, 0) is 89.9 Å². The van der Waals surface area contributed by atoms with Crippen molar-refractivity contribution in [2.24, 2.45) is 0 Å². The molecule has 1 aliphatic rings. The Kier molecular flexibility index (Phi) is 65.7. The molecule has 6 N–H and O–H groups in total. The van der Waals surface area contributed by atoms with E-state index in [9.17, 15) is 35.1 Å². The van der Waals surface area contributed by atoms with Gasteiger partial charge in [0.1, 0.15) is 24.4 Å². The van der Waals surface area contributed by atoms with E-state index in [0.29, 0.717) is 19.4 Å². The van der Waals surface area contributed by atoms with E-state index in [0.717, 1.165) is 64.2 Å². The van der Waals surface area contributed by atoms with Gasteiger partial charge in [0.2, 0.25) is 5.91 Å². The van der Waals surface area contributed by atoms with Crippen molar-refractivity contribution in [2.75, 3.05) is 19.8 Å². The summed E-state index contributed by atoms with van der Waals surface area (Å²) in [5, 5.41) is 54.3. The molecule has 0 saturated carbocycles. The molecule has 0 bridgehead atoms. The fraction of sp³-hybridized carbons (Fsp3) is 0.875. The van der Waals surface area contributed by atoms with Crippen molar-refractivity contribution in [3.63, 3.8) is 0 Å². The third-order valence-electron chi connectivity index (χ3n) is 18.7. The first kappa shape index (κ1) is 86.6. The number of allylic oxidation sites excluding steroid dienone is 7. The fourth-order valence-electron chi connectivity index (χ4n) is 12.5. The fourth-order valence-corrected chi connectivity index (χ4v) is 12.5. The summed E-state index contributed by atoms with van der Waals surface area (Å²) in [6.07, 6.45) is 81.6. The Bertz CT molecular complexity index is 1650. The number of nitrogens with one attached hydrogen (secondary N) is 1. The number of hydrogen-bond acceptors (Lipinski definition) is 10. The van der Waals surface area contributed by atoms with Crippen LogP contribution >= 0.6 is 0 Å². The van der Waals surface area contributed by atoms with E-state index in [4.69, 9.17) is 14.2 Å². The largest absolute Gasteiger partial charge is 0.466 e. The van der Waals surface area contributed by atoms with Crippen molar-refractivity contribution in [3.05, 3.63) is 48.6 Å². The molecule has 1 heterocycles. The molecular formula is C80H149NO10. The van der Waals surface area contributed by atoms with Crippen LogP contribution in [0.25, 0.3) is 0 Å². The molecule has 0 aromatic rings. The number of carbonyl (C=O) groups excluding carboxylic acids is 2. The molecule has 534 valence electrons. The summed E-state index contributed by atoms with van der Waals surface area (Å²) in [4.78, 5) is 25.1. The zero-order valence-corrected chi connectivity index (χ0v) is 59.6. The van der Waals surface area contributed by atoms with Gasteiger partial charge >= 0.3 is 5.97 Å². The molecule has 7 unspecified atom stereocenters. The quantitative estimate of drug-likeness (QED) is 0.0195. The van der Waals surface area contributed by atoms with E-state index in [-0.39, 0.29) is 18.5 Å². The van der Waals surface area contributed by atoms with Crippen LogP contribution in [-0.4, -0.2) is 100 Å². The Morgan fingerprint density at radius 1 is 0.407 bits per heavy atom. The molecule has 91 heavy (non-hydrogen) atoms. The maximum Gasteiger partial charge on any atom is 0.305 e. The number of hydrogen-bond donors (Lipinski definition) is 6. The van der Waals surface area contributed by atoms with Crippen molar-refractivity contribution in [2.45, 2.75) is 429 Å². The number of amides is 1. The molecule has 1 amide bonds. The van der Waals surface area contributed by atoms with Crippen LogP contribution in [-0.2, 0) is 23.8 Å². The summed E-state index contributed by atoms with van der Waals surface area (Å²) in [6, 6.07) is -0.807. The highest BCUT2D eigenvalue weighted by atomic mass is 16.7. The summed E-state index contributed by atoms with van der Waals surface area (Å²) >= 11 is 0. The molecule has 1 saturated heterocycles. The van der Waals surface area contributed by atoms with Crippen LogP contribution in [0.4, 0.5) is 0 Å². The minimum atomic E-state index is -1.57. The summed E-state index contributed by atoms with van der Waals surface area (Å²) in [7, 11) is 0. The van der Waals surface area contributed by atoms with Crippen LogP contribution in [0, 0.1) is 0 Å². The second kappa shape index (κ2) is 69.0. The summed E-state index contributed by atoms with van der Waals surface area (Å²) < 4.78 is 16.7. The van der Waals surface area contributed by atoms with E-state index in [1.165, 1.54) is 295 Å². The lowest BCUT2D eigenvalue weighted by atomic mass is 9.99. The van der Waals surface area contributed by atoms with Crippen LogP contribution in [0.1, 0.15) is 386 Å². The molecule has 11 heteroatoms. The van der Waals surface area contributed by atoms with E-state index < -0.39 is 49.5 Å². The zero-order chi connectivity index (χ0) is 65.8.